The van der Waals surface area contributed by atoms with Crippen LogP contribution < -0.4 is 0 Å². The van der Waals surface area contributed by atoms with Crippen molar-refractivity contribution in [1.29, 1.82) is 0 Å². The van der Waals surface area contributed by atoms with Crippen LogP contribution in [0.4, 0.5) is 0 Å². The molecule has 6 heteroatoms. The van der Waals surface area contributed by atoms with Gasteiger partial charge in [-0.25, -0.2) is 0 Å². The molecule has 6 nitrogen and oxygen atoms in total. The standard InChI is InChI=1S/C13H21N3O3/c1-10(17)15-4-5-16(11(2)18)9-13(8-15)6-12(19)14(3)7-13/h4-9H2,1-3H3. The third-order valence-electron chi connectivity index (χ3n) is 4.11. The minimum Gasteiger partial charge on any atom is -0.345 e. The largest absolute Gasteiger partial charge is 0.345 e. The first-order valence-corrected chi connectivity index (χ1v) is 6.58. The Morgan fingerprint density at radius 1 is 1.00 bits per heavy atom. The Balaban J connectivity index is 2.26. The zero-order chi connectivity index (χ0) is 14.2. The predicted molar refractivity (Wildman–Crippen MR) is 69.2 cm³/mol. The van der Waals surface area contributed by atoms with Gasteiger partial charge in [-0.3, -0.25) is 14.4 Å². The molecule has 0 aliphatic carbocycles. The minimum absolute atomic E-state index is 0.00628. The molecule has 106 valence electrons. The normalized spacial score (nSPS) is 22.9. The van der Waals surface area contributed by atoms with Gasteiger partial charge in [0, 0.05) is 65.5 Å². The summed E-state index contributed by atoms with van der Waals surface area (Å²) < 4.78 is 0. The van der Waals surface area contributed by atoms with Gasteiger partial charge in [-0.05, 0) is 0 Å². The summed E-state index contributed by atoms with van der Waals surface area (Å²) >= 11 is 0. The summed E-state index contributed by atoms with van der Waals surface area (Å²) in [5, 5.41) is 0. The van der Waals surface area contributed by atoms with Crippen LogP contribution in [0.3, 0.4) is 0 Å². The van der Waals surface area contributed by atoms with Crippen molar-refractivity contribution in [1.82, 2.24) is 14.7 Å². The highest BCUT2D eigenvalue weighted by Crippen LogP contribution is 2.34. The van der Waals surface area contributed by atoms with Crippen molar-refractivity contribution in [2.75, 3.05) is 39.8 Å². The summed E-state index contributed by atoms with van der Waals surface area (Å²) in [4.78, 5) is 40.4. The lowest BCUT2D eigenvalue weighted by Gasteiger charge is -2.32. The van der Waals surface area contributed by atoms with Crippen molar-refractivity contribution in [2.45, 2.75) is 20.3 Å². The van der Waals surface area contributed by atoms with Crippen LogP contribution in [0.2, 0.25) is 0 Å². The van der Waals surface area contributed by atoms with Crippen LogP contribution in [0, 0.1) is 5.41 Å². The Kier molecular flexibility index (Phi) is 3.52. The molecule has 2 rings (SSSR count). The summed E-state index contributed by atoms with van der Waals surface area (Å²) in [5.41, 5.74) is -0.306. The summed E-state index contributed by atoms with van der Waals surface area (Å²) in [7, 11) is 1.78. The lowest BCUT2D eigenvalue weighted by atomic mass is 9.86. The molecule has 0 unspecified atom stereocenters. The maximum absolute atomic E-state index is 11.8. The van der Waals surface area contributed by atoms with E-state index < -0.39 is 0 Å². The third kappa shape index (κ3) is 2.72. The van der Waals surface area contributed by atoms with E-state index >= 15 is 0 Å². The average molecular weight is 267 g/mol. The Morgan fingerprint density at radius 3 is 1.79 bits per heavy atom. The minimum atomic E-state index is -0.306. The predicted octanol–water partition coefficient (Wildman–Crippen LogP) is -0.454. The van der Waals surface area contributed by atoms with Crippen LogP contribution in [0.15, 0.2) is 0 Å². The topological polar surface area (TPSA) is 60.9 Å². The Hall–Kier alpha value is -1.59. The van der Waals surface area contributed by atoms with Crippen molar-refractivity contribution in [2.24, 2.45) is 5.41 Å². The van der Waals surface area contributed by atoms with E-state index in [1.165, 1.54) is 13.8 Å². The molecule has 0 aromatic heterocycles. The zero-order valence-electron chi connectivity index (χ0n) is 11.8. The van der Waals surface area contributed by atoms with Gasteiger partial charge >= 0.3 is 0 Å². The van der Waals surface area contributed by atoms with Gasteiger partial charge in [0.15, 0.2) is 0 Å². The van der Waals surface area contributed by atoms with Crippen molar-refractivity contribution < 1.29 is 14.4 Å². The van der Waals surface area contributed by atoms with Crippen LogP contribution in [-0.2, 0) is 14.4 Å². The molecule has 2 fully saturated rings. The van der Waals surface area contributed by atoms with Gasteiger partial charge in [0.05, 0.1) is 0 Å². The van der Waals surface area contributed by atoms with Gasteiger partial charge in [-0.1, -0.05) is 0 Å². The van der Waals surface area contributed by atoms with Gasteiger partial charge in [0.1, 0.15) is 0 Å². The van der Waals surface area contributed by atoms with Gasteiger partial charge < -0.3 is 14.7 Å². The van der Waals surface area contributed by atoms with E-state index in [4.69, 9.17) is 0 Å². The average Bonchev–Trinajstić information content (AvgIpc) is 2.49. The highest BCUT2D eigenvalue weighted by atomic mass is 16.2. The van der Waals surface area contributed by atoms with E-state index in [1.54, 1.807) is 21.7 Å². The number of carbonyl (C=O) groups is 3. The van der Waals surface area contributed by atoms with Crippen molar-refractivity contribution >= 4 is 17.7 Å². The molecule has 1 spiro atoms. The molecule has 2 aliphatic rings. The number of hydrogen-bond donors (Lipinski definition) is 0. The molecule has 0 radical (unpaired) electrons. The smallest absolute Gasteiger partial charge is 0.223 e. The molecule has 19 heavy (non-hydrogen) atoms. The Labute approximate surface area is 113 Å². The van der Waals surface area contributed by atoms with Crippen LogP contribution in [0.25, 0.3) is 0 Å². The fourth-order valence-electron chi connectivity index (χ4n) is 3.11. The zero-order valence-corrected chi connectivity index (χ0v) is 11.8. The quantitative estimate of drug-likeness (QED) is 0.597. The number of rotatable bonds is 0. The number of amides is 3. The van der Waals surface area contributed by atoms with E-state index in [1.807, 2.05) is 0 Å². The Bertz CT molecular complexity index is 397. The number of carbonyl (C=O) groups excluding carboxylic acids is 3. The van der Waals surface area contributed by atoms with Crippen LogP contribution in [0.1, 0.15) is 20.3 Å². The number of likely N-dealkylation sites (tertiary alicyclic amines) is 1. The molecule has 0 bridgehead atoms. The molecule has 2 aliphatic heterocycles. The second kappa shape index (κ2) is 4.83. The van der Waals surface area contributed by atoms with Gasteiger partial charge in [-0.15, -0.1) is 0 Å². The summed E-state index contributed by atoms with van der Waals surface area (Å²) in [6.07, 6.45) is 0.414. The highest BCUT2D eigenvalue weighted by molar-refractivity contribution is 5.80. The molecular formula is C13H21N3O3. The molecule has 2 saturated heterocycles. The first kappa shape index (κ1) is 13.8. The molecular weight excluding hydrogens is 246 g/mol. The van der Waals surface area contributed by atoms with E-state index in [0.29, 0.717) is 39.1 Å². The summed E-state index contributed by atoms with van der Waals surface area (Å²) in [5.74, 6) is 0.104. The SMILES string of the molecule is CC(=O)N1CCN(C(C)=O)CC2(CC(=O)N(C)C2)C1. The van der Waals surface area contributed by atoms with Crippen molar-refractivity contribution in [3.8, 4) is 0 Å². The molecule has 0 atom stereocenters. The first-order valence-electron chi connectivity index (χ1n) is 6.58. The summed E-state index contributed by atoms with van der Waals surface area (Å²) in [6, 6.07) is 0. The Morgan fingerprint density at radius 2 is 1.47 bits per heavy atom. The number of nitrogens with zero attached hydrogens (tertiary/aromatic N) is 3. The lowest BCUT2D eigenvalue weighted by Crippen LogP contribution is -2.44. The monoisotopic (exact) mass is 267 g/mol. The van der Waals surface area contributed by atoms with E-state index in [0.717, 1.165) is 0 Å². The van der Waals surface area contributed by atoms with Crippen LogP contribution in [0.5, 0.6) is 0 Å². The third-order valence-corrected chi connectivity index (χ3v) is 4.11. The molecule has 0 aromatic carbocycles. The van der Waals surface area contributed by atoms with Crippen LogP contribution >= 0.6 is 0 Å². The fourth-order valence-corrected chi connectivity index (χ4v) is 3.11. The van der Waals surface area contributed by atoms with Crippen LogP contribution in [-0.4, -0.2) is 72.2 Å². The highest BCUT2D eigenvalue weighted by Gasteiger charge is 2.46. The molecule has 3 amide bonds. The van der Waals surface area contributed by atoms with E-state index in [2.05, 4.69) is 0 Å². The maximum atomic E-state index is 11.8. The van der Waals surface area contributed by atoms with Crippen molar-refractivity contribution in [3.63, 3.8) is 0 Å². The van der Waals surface area contributed by atoms with Gasteiger partial charge in [-0.2, -0.15) is 0 Å². The summed E-state index contributed by atoms with van der Waals surface area (Å²) in [6.45, 7) is 5.90. The lowest BCUT2D eigenvalue weighted by molar-refractivity contribution is -0.131. The maximum Gasteiger partial charge on any atom is 0.223 e. The van der Waals surface area contributed by atoms with Gasteiger partial charge in [0.2, 0.25) is 17.7 Å². The van der Waals surface area contributed by atoms with E-state index in [9.17, 15) is 14.4 Å². The second-order valence-corrected chi connectivity index (χ2v) is 5.81. The number of hydrogen-bond acceptors (Lipinski definition) is 3. The second-order valence-electron chi connectivity index (χ2n) is 5.81. The first-order chi connectivity index (χ1) is 8.83. The molecule has 0 aromatic rings. The van der Waals surface area contributed by atoms with Gasteiger partial charge in [0.25, 0.3) is 0 Å². The molecule has 0 saturated carbocycles. The molecule has 2 heterocycles. The molecule has 0 N–H and O–H groups in total. The fraction of sp³-hybridized carbons (Fsp3) is 0.769. The van der Waals surface area contributed by atoms with E-state index in [-0.39, 0.29) is 23.1 Å². The van der Waals surface area contributed by atoms with Crippen molar-refractivity contribution in [3.05, 3.63) is 0 Å².